The number of likely N-dealkylation sites (N-methyl/N-ethyl adjacent to an activating group) is 1. The number of benzene rings is 2. The van der Waals surface area contributed by atoms with E-state index in [1.54, 1.807) is 12.1 Å². The van der Waals surface area contributed by atoms with Crippen LogP contribution < -0.4 is 0 Å². The van der Waals surface area contributed by atoms with E-state index in [-0.39, 0.29) is 17.3 Å². The van der Waals surface area contributed by atoms with Gasteiger partial charge in [-0.15, -0.1) is 0 Å². The molecule has 0 amide bonds. The van der Waals surface area contributed by atoms with Crippen LogP contribution in [0, 0.1) is 5.82 Å². The first-order valence-electron chi connectivity index (χ1n) is 9.36. The molecule has 2 nitrogen and oxygen atoms in total. The van der Waals surface area contributed by atoms with Gasteiger partial charge in [-0.05, 0) is 62.2 Å². The summed E-state index contributed by atoms with van der Waals surface area (Å²) in [4.78, 5) is 4.99. The van der Waals surface area contributed by atoms with E-state index in [0.717, 1.165) is 36.6 Å². The number of halogens is 2. The second-order valence-electron chi connectivity index (χ2n) is 8.30. The van der Waals surface area contributed by atoms with Gasteiger partial charge in [0.1, 0.15) is 5.82 Å². The summed E-state index contributed by atoms with van der Waals surface area (Å²) in [5.41, 5.74) is 3.42. The molecule has 138 valence electrons. The van der Waals surface area contributed by atoms with Crippen molar-refractivity contribution in [2.45, 2.75) is 37.8 Å². The maximum Gasteiger partial charge on any atom is 0.127 e. The lowest BCUT2D eigenvalue weighted by Crippen LogP contribution is -2.58. The van der Waals surface area contributed by atoms with Gasteiger partial charge in [0.2, 0.25) is 0 Å². The lowest BCUT2D eigenvalue weighted by molar-refractivity contribution is 0.0158. The van der Waals surface area contributed by atoms with Crippen molar-refractivity contribution < 1.29 is 4.39 Å². The first kappa shape index (κ1) is 18.0. The monoisotopic (exact) mass is 372 g/mol. The summed E-state index contributed by atoms with van der Waals surface area (Å²) in [5.74, 6) is -0.0195. The molecule has 2 aliphatic rings. The maximum absolute atomic E-state index is 14.5. The second kappa shape index (κ2) is 6.63. The molecule has 4 heteroatoms. The molecule has 1 aliphatic heterocycles. The lowest BCUT2D eigenvalue weighted by atomic mass is 9.92. The van der Waals surface area contributed by atoms with Gasteiger partial charge >= 0.3 is 0 Å². The molecule has 26 heavy (non-hydrogen) atoms. The van der Waals surface area contributed by atoms with Crippen LogP contribution in [0.2, 0.25) is 5.02 Å². The number of piperazine rings is 1. The Bertz CT molecular complexity index is 820. The van der Waals surface area contributed by atoms with Crippen LogP contribution in [0.25, 0.3) is 0 Å². The summed E-state index contributed by atoms with van der Waals surface area (Å²) < 4.78 is 14.5. The molecule has 1 aliphatic carbocycles. The second-order valence-corrected chi connectivity index (χ2v) is 8.74. The summed E-state index contributed by atoms with van der Waals surface area (Å²) in [7, 11) is 2.19. The van der Waals surface area contributed by atoms with Crippen LogP contribution in [0.4, 0.5) is 4.39 Å². The van der Waals surface area contributed by atoms with Crippen molar-refractivity contribution in [1.82, 2.24) is 9.80 Å². The van der Waals surface area contributed by atoms with Gasteiger partial charge < -0.3 is 0 Å². The first-order chi connectivity index (χ1) is 12.4. The molecule has 0 N–H and O–H groups in total. The number of hydrogen-bond donors (Lipinski definition) is 0. The van der Waals surface area contributed by atoms with Crippen LogP contribution >= 0.6 is 11.6 Å². The zero-order valence-corrected chi connectivity index (χ0v) is 16.4. The Kier molecular flexibility index (Phi) is 4.58. The quantitative estimate of drug-likeness (QED) is 0.725. The third-order valence-corrected chi connectivity index (χ3v) is 6.54. The number of nitrogens with zero attached hydrogens (tertiary/aromatic N) is 2. The molecule has 0 bridgehead atoms. The Hall–Kier alpha value is -1.42. The van der Waals surface area contributed by atoms with Crippen molar-refractivity contribution in [3.8, 4) is 0 Å². The minimum Gasteiger partial charge on any atom is -0.299 e. The fraction of sp³-hybridized carbons (Fsp3) is 0.455. The summed E-state index contributed by atoms with van der Waals surface area (Å²) in [6, 6.07) is 13.6. The van der Waals surface area contributed by atoms with Crippen molar-refractivity contribution in [2.75, 3.05) is 26.7 Å². The fourth-order valence-corrected chi connectivity index (χ4v) is 4.75. The predicted molar refractivity (Wildman–Crippen MR) is 105 cm³/mol. The van der Waals surface area contributed by atoms with Crippen molar-refractivity contribution in [3.63, 3.8) is 0 Å². The predicted octanol–water partition coefficient (Wildman–Crippen LogP) is 5.08. The van der Waals surface area contributed by atoms with Gasteiger partial charge in [0.05, 0.1) is 0 Å². The van der Waals surface area contributed by atoms with E-state index < -0.39 is 0 Å². The molecule has 0 radical (unpaired) electrons. The molecule has 4 rings (SSSR count). The summed E-state index contributed by atoms with van der Waals surface area (Å²) in [6.45, 7) is 7.66. The zero-order valence-electron chi connectivity index (χ0n) is 15.7. The van der Waals surface area contributed by atoms with Gasteiger partial charge in [0, 0.05) is 42.2 Å². The Morgan fingerprint density at radius 1 is 1.04 bits per heavy atom. The highest BCUT2D eigenvalue weighted by Crippen LogP contribution is 2.48. The van der Waals surface area contributed by atoms with Gasteiger partial charge in [-0.25, -0.2) is 4.39 Å². The Labute approximate surface area is 160 Å². The highest BCUT2D eigenvalue weighted by atomic mass is 35.5. The molecule has 0 unspecified atom stereocenters. The average Bonchev–Trinajstić information content (AvgIpc) is 2.96. The minimum atomic E-state index is -0.113. The molecule has 1 heterocycles. The summed E-state index contributed by atoms with van der Waals surface area (Å²) in [5, 5.41) is 0.760. The van der Waals surface area contributed by atoms with Crippen LogP contribution in [0.15, 0.2) is 42.5 Å². The topological polar surface area (TPSA) is 6.48 Å². The van der Waals surface area contributed by atoms with Crippen LogP contribution in [0.3, 0.4) is 0 Å². The molecule has 1 saturated heterocycles. The van der Waals surface area contributed by atoms with Crippen LogP contribution in [-0.2, 0) is 0 Å². The largest absolute Gasteiger partial charge is 0.299 e. The van der Waals surface area contributed by atoms with E-state index in [9.17, 15) is 4.39 Å². The van der Waals surface area contributed by atoms with E-state index in [2.05, 4.69) is 42.8 Å². The molecule has 2 aromatic carbocycles. The van der Waals surface area contributed by atoms with Crippen molar-refractivity contribution in [2.24, 2.45) is 0 Å². The standard InChI is InChI=1S/C22H26ClFN2/c1-22(2)14-26(11-10-25(22)3)21-13-18(17-6-4-5-7-20(17)24)16-9-8-15(23)12-19(16)21/h4-9,12,18,21H,10-11,13-14H2,1-3H3/t18-,21-/m1/s1. The number of fused-ring (bicyclic) bond motifs is 1. The number of hydrogen-bond acceptors (Lipinski definition) is 2. The van der Waals surface area contributed by atoms with Crippen LogP contribution in [0.5, 0.6) is 0 Å². The fourth-order valence-electron chi connectivity index (χ4n) is 4.57. The van der Waals surface area contributed by atoms with Gasteiger partial charge in [-0.1, -0.05) is 35.9 Å². The third kappa shape index (κ3) is 3.06. The van der Waals surface area contributed by atoms with E-state index in [0.29, 0.717) is 6.04 Å². The van der Waals surface area contributed by atoms with Crippen molar-refractivity contribution >= 4 is 11.6 Å². The molecule has 0 aromatic heterocycles. The van der Waals surface area contributed by atoms with E-state index in [1.165, 1.54) is 11.1 Å². The molecule has 0 spiro atoms. The molecule has 2 aromatic rings. The van der Waals surface area contributed by atoms with Gasteiger partial charge in [0.15, 0.2) is 0 Å². The summed E-state index contributed by atoms with van der Waals surface area (Å²) in [6.07, 6.45) is 0.913. The van der Waals surface area contributed by atoms with E-state index in [4.69, 9.17) is 11.6 Å². The van der Waals surface area contributed by atoms with Gasteiger partial charge in [-0.3, -0.25) is 9.80 Å². The van der Waals surface area contributed by atoms with E-state index in [1.807, 2.05) is 18.2 Å². The highest BCUT2D eigenvalue weighted by Gasteiger charge is 2.40. The highest BCUT2D eigenvalue weighted by molar-refractivity contribution is 6.30. The van der Waals surface area contributed by atoms with Crippen LogP contribution in [0.1, 0.15) is 48.9 Å². The van der Waals surface area contributed by atoms with Crippen molar-refractivity contribution in [3.05, 3.63) is 70.0 Å². The van der Waals surface area contributed by atoms with E-state index >= 15 is 0 Å². The summed E-state index contributed by atoms with van der Waals surface area (Å²) >= 11 is 6.33. The SMILES string of the molecule is CN1CCN([C@@H]2C[C@@H](c3ccccc3F)c3ccc(Cl)cc32)CC1(C)C. The Balaban J connectivity index is 1.72. The van der Waals surface area contributed by atoms with Crippen molar-refractivity contribution in [1.29, 1.82) is 0 Å². The average molecular weight is 373 g/mol. The van der Waals surface area contributed by atoms with Gasteiger partial charge in [0.25, 0.3) is 0 Å². The normalized spacial score (nSPS) is 26.0. The zero-order chi connectivity index (χ0) is 18.5. The Morgan fingerprint density at radius 3 is 2.54 bits per heavy atom. The van der Waals surface area contributed by atoms with Crippen LogP contribution in [-0.4, -0.2) is 42.0 Å². The molecule has 1 fully saturated rings. The van der Waals surface area contributed by atoms with Gasteiger partial charge in [-0.2, -0.15) is 0 Å². The molecule has 2 atom stereocenters. The molecular weight excluding hydrogens is 347 g/mol. The first-order valence-corrected chi connectivity index (χ1v) is 9.74. The maximum atomic E-state index is 14.5. The Morgan fingerprint density at radius 2 is 1.81 bits per heavy atom. The third-order valence-electron chi connectivity index (χ3n) is 6.31. The molecule has 0 saturated carbocycles. The number of rotatable bonds is 2. The molecular formula is C22H26ClFN2. The smallest absolute Gasteiger partial charge is 0.127 e. The lowest BCUT2D eigenvalue weighted by Gasteiger charge is -2.47. The minimum absolute atomic E-state index is 0.0937.